The Hall–Kier alpha value is -0.960. The number of carboxylic acid groups (broad SMARTS) is 1. The summed E-state index contributed by atoms with van der Waals surface area (Å²) in [6, 6.07) is 10.3. The molecule has 1 aromatic rings. The Morgan fingerprint density at radius 2 is 1.95 bits per heavy atom. The van der Waals surface area contributed by atoms with Crippen LogP contribution < -0.4 is 0 Å². The molecule has 19 heavy (non-hydrogen) atoms. The minimum Gasteiger partial charge on any atom is -0.481 e. The number of benzene rings is 1. The Kier molecular flexibility index (Phi) is 4.92. The molecule has 0 atom stereocenters. The molecule has 0 amide bonds. The van der Waals surface area contributed by atoms with Crippen LogP contribution in [0.3, 0.4) is 0 Å². The lowest BCUT2D eigenvalue weighted by Gasteiger charge is -2.38. The summed E-state index contributed by atoms with van der Waals surface area (Å²) in [5.74, 6) is 1.01. The molecule has 2 nitrogen and oxygen atoms in total. The van der Waals surface area contributed by atoms with Crippen molar-refractivity contribution in [2.24, 2.45) is 5.92 Å². The van der Waals surface area contributed by atoms with E-state index in [2.05, 4.69) is 19.1 Å². The van der Waals surface area contributed by atoms with Crippen molar-refractivity contribution in [3.8, 4) is 0 Å². The minimum atomic E-state index is -0.657. The molecule has 0 bridgehead atoms. The summed E-state index contributed by atoms with van der Waals surface area (Å²) in [5.41, 5.74) is 1.29. The molecule has 0 heterocycles. The molecule has 3 heteroatoms. The second-order valence-electron chi connectivity index (χ2n) is 5.71. The Bertz CT molecular complexity index is 408. The van der Waals surface area contributed by atoms with Crippen molar-refractivity contribution in [3.05, 3.63) is 35.9 Å². The first kappa shape index (κ1) is 14.4. The van der Waals surface area contributed by atoms with E-state index in [0.717, 1.165) is 37.4 Å². The lowest BCUT2D eigenvalue weighted by atomic mass is 9.80. The monoisotopic (exact) mass is 278 g/mol. The fourth-order valence-corrected chi connectivity index (χ4v) is 4.16. The Balaban J connectivity index is 2.00. The molecule has 0 aliphatic heterocycles. The third-order valence-electron chi connectivity index (χ3n) is 4.05. The molecule has 104 valence electrons. The predicted molar refractivity (Wildman–Crippen MR) is 80.4 cm³/mol. The maximum absolute atomic E-state index is 11.2. The molecular weight excluding hydrogens is 256 g/mol. The molecular formula is C16H22O2S. The van der Waals surface area contributed by atoms with Crippen molar-refractivity contribution in [1.29, 1.82) is 0 Å². The zero-order chi connectivity index (χ0) is 13.7. The minimum absolute atomic E-state index is 0.0474. The van der Waals surface area contributed by atoms with Gasteiger partial charge in [0.05, 0.1) is 6.42 Å². The zero-order valence-corrected chi connectivity index (χ0v) is 12.3. The predicted octanol–water partition coefficient (Wildman–Crippen LogP) is 4.34. The third-order valence-corrected chi connectivity index (χ3v) is 5.69. The highest BCUT2D eigenvalue weighted by Crippen LogP contribution is 2.45. The third kappa shape index (κ3) is 4.27. The molecule has 1 saturated carbocycles. The lowest BCUT2D eigenvalue weighted by Crippen LogP contribution is -2.33. The van der Waals surface area contributed by atoms with Gasteiger partial charge in [-0.3, -0.25) is 4.79 Å². The molecule has 1 aromatic carbocycles. The van der Waals surface area contributed by atoms with Crippen LogP contribution in [0.1, 0.15) is 44.6 Å². The van der Waals surface area contributed by atoms with Gasteiger partial charge in [-0.25, -0.2) is 0 Å². The largest absolute Gasteiger partial charge is 0.481 e. The van der Waals surface area contributed by atoms with Crippen molar-refractivity contribution in [2.75, 3.05) is 0 Å². The quantitative estimate of drug-likeness (QED) is 0.870. The molecule has 0 unspecified atom stereocenters. The van der Waals surface area contributed by atoms with Crippen LogP contribution in [-0.4, -0.2) is 15.8 Å². The van der Waals surface area contributed by atoms with Gasteiger partial charge in [0.1, 0.15) is 0 Å². The SMILES string of the molecule is CC1CCC(CC(=O)O)(SCc2ccccc2)CC1. The average Bonchev–Trinajstić information content (AvgIpc) is 2.41. The molecule has 0 spiro atoms. The van der Waals surface area contributed by atoms with E-state index in [0.29, 0.717) is 6.42 Å². The van der Waals surface area contributed by atoms with E-state index in [1.807, 2.05) is 30.0 Å². The second-order valence-corrected chi connectivity index (χ2v) is 7.15. The van der Waals surface area contributed by atoms with E-state index in [1.54, 1.807) is 0 Å². The van der Waals surface area contributed by atoms with Crippen molar-refractivity contribution in [2.45, 2.75) is 49.5 Å². The summed E-state index contributed by atoms with van der Waals surface area (Å²) in [6.07, 6.45) is 4.71. The van der Waals surface area contributed by atoms with E-state index in [-0.39, 0.29) is 4.75 Å². The van der Waals surface area contributed by atoms with E-state index in [4.69, 9.17) is 0 Å². The maximum Gasteiger partial charge on any atom is 0.304 e. The number of hydrogen-bond donors (Lipinski definition) is 1. The van der Waals surface area contributed by atoms with Gasteiger partial charge in [0.25, 0.3) is 0 Å². The molecule has 2 rings (SSSR count). The summed E-state index contributed by atoms with van der Waals surface area (Å²) >= 11 is 1.85. The second kappa shape index (κ2) is 6.47. The van der Waals surface area contributed by atoms with Crippen LogP contribution in [-0.2, 0) is 10.5 Å². The number of hydrogen-bond acceptors (Lipinski definition) is 2. The number of rotatable bonds is 5. The van der Waals surface area contributed by atoms with Gasteiger partial charge in [0.2, 0.25) is 0 Å². The highest BCUT2D eigenvalue weighted by atomic mass is 32.2. The van der Waals surface area contributed by atoms with E-state index in [1.165, 1.54) is 5.56 Å². The summed E-state index contributed by atoms with van der Waals surface area (Å²) in [5, 5.41) is 9.18. The van der Waals surface area contributed by atoms with Crippen molar-refractivity contribution in [1.82, 2.24) is 0 Å². The van der Waals surface area contributed by atoms with E-state index < -0.39 is 5.97 Å². The van der Waals surface area contributed by atoms with Crippen molar-refractivity contribution >= 4 is 17.7 Å². The summed E-state index contributed by atoms with van der Waals surface area (Å²) < 4.78 is -0.0474. The fourth-order valence-electron chi connectivity index (χ4n) is 2.75. The fraction of sp³-hybridized carbons (Fsp3) is 0.562. The van der Waals surface area contributed by atoms with Gasteiger partial charge in [-0.1, -0.05) is 37.3 Å². The van der Waals surface area contributed by atoms with Crippen LogP contribution in [0.4, 0.5) is 0 Å². The van der Waals surface area contributed by atoms with Crippen LogP contribution in [0, 0.1) is 5.92 Å². The van der Waals surface area contributed by atoms with Gasteiger partial charge in [-0.2, -0.15) is 0 Å². The van der Waals surface area contributed by atoms with Crippen molar-refractivity contribution in [3.63, 3.8) is 0 Å². The zero-order valence-electron chi connectivity index (χ0n) is 11.5. The first-order valence-corrected chi connectivity index (χ1v) is 7.98. The van der Waals surface area contributed by atoms with E-state index in [9.17, 15) is 9.90 Å². The molecule has 1 fully saturated rings. The van der Waals surface area contributed by atoms with Crippen LogP contribution in [0.5, 0.6) is 0 Å². The van der Waals surface area contributed by atoms with Crippen LogP contribution >= 0.6 is 11.8 Å². The number of aliphatic carboxylic acids is 1. The van der Waals surface area contributed by atoms with Gasteiger partial charge < -0.3 is 5.11 Å². The highest BCUT2D eigenvalue weighted by Gasteiger charge is 2.36. The van der Waals surface area contributed by atoms with Gasteiger partial charge in [0.15, 0.2) is 0 Å². The summed E-state index contributed by atoms with van der Waals surface area (Å²) in [6.45, 7) is 2.27. The van der Waals surface area contributed by atoms with E-state index >= 15 is 0 Å². The molecule has 0 saturated heterocycles. The van der Waals surface area contributed by atoms with Gasteiger partial charge in [-0.05, 0) is 37.2 Å². The van der Waals surface area contributed by atoms with Crippen molar-refractivity contribution < 1.29 is 9.90 Å². The Morgan fingerprint density at radius 3 is 2.53 bits per heavy atom. The number of carbonyl (C=O) groups is 1. The first-order chi connectivity index (χ1) is 9.10. The standard InChI is InChI=1S/C16H22O2S/c1-13-7-9-16(10-8-13,11-15(17)18)19-12-14-5-3-2-4-6-14/h2-6,13H,7-12H2,1H3,(H,17,18). The van der Waals surface area contributed by atoms with Gasteiger partial charge >= 0.3 is 5.97 Å². The molecule has 1 N–H and O–H groups in total. The average molecular weight is 278 g/mol. The van der Waals surface area contributed by atoms with Crippen LogP contribution in [0.15, 0.2) is 30.3 Å². The highest BCUT2D eigenvalue weighted by molar-refractivity contribution is 7.99. The van der Waals surface area contributed by atoms with Crippen LogP contribution in [0.2, 0.25) is 0 Å². The Labute approximate surface area is 119 Å². The first-order valence-electron chi connectivity index (χ1n) is 6.99. The Morgan fingerprint density at radius 1 is 1.32 bits per heavy atom. The number of carboxylic acids is 1. The van der Waals surface area contributed by atoms with Gasteiger partial charge in [-0.15, -0.1) is 11.8 Å². The summed E-state index contributed by atoms with van der Waals surface area (Å²) in [4.78, 5) is 11.2. The smallest absolute Gasteiger partial charge is 0.304 e. The van der Waals surface area contributed by atoms with Crippen LogP contribution in [0.25, 0.3) is 0 Å². The lowest BCUT2D eigenvalue weighted by molar-refractivity contribution is -0.137. The molecule has 0 radical (unpaired) electrons. The van der Waals surface area contributed by atoms with Gasteiger partial charge in [0, 0.05) is 10.5 Å². The number of thioether (sulfide) groups is 1. The molecule has 1 aliphatic rings. The molecule has 1 aliphatic carbocycles. The normalized spacial score (nSPS) is 27.1. The maximum atomic E-state index is 11.2. The topological polar surface area (TPSA) is 37.3 Å². The molecule has 0 aromatic heterocycles. The summed E-state index contributed by atoms with van der Waals surface area (Å²) in [7, 11) is 0.